The number of pyridine rings is 1. The van der Waals surface area contributed by atoms with Crippen molar-refractivity contribution in [2.45, 2.75) is 0 Å². The lowest BCUT2D eigenvalue weighted by Crippen LogP contribution is -2.26. The summed E-state index contributed by atoms with van der Waals surface area (Å²) < 4.78 is 10.3. The quantitative estimate of drug-likeness (QED) is 0.428. The first-order chi connectivity index (χ1) is 11.5. The topological polar surface area (TPSA) is 151 Å². The number of carbonyl (C=O) groups is 1. The van der Waals surface area contributed by atoms with Crippen LogP contribution in [0.1, 0.15) is 10.4 Å². The zero-order valence-corrected chi connectivity index (χ0v) is 12.8. The summed E-state index contributed by atoms with van der Waals surface area (Å²) in [5.74, 6) is -0.0736. The second-order valence-corrected chi connectivity index (χ2v) is 4.48. The Balaban J connectivity index is 2.21. The summed E-state index contributed by atoms with van der Waals surface area (Å²) in [6.45, 7) is 0. The number of nitrogens with two attached hydrogens (primary N) is 3. The summed E-state index contributed by atoms with van der Waals surface area (Å²) in [4.78, 5) is 23.2. The summed E-state index contributed by atoms with van der Waals surface area (Å²) >= 11 is 0. The maximum absolute atomic E-state index is 11.5. The highest BCUT2D eigenvalue weighted by molar-refractivity contribution is 5.93. The lowest BCUT2D eigenvalue weighted by molar-refractivity contribution is 0.0600. The molecule has 0 aliphatic carbocycles. The van der Waals surface area contributed by atoms with Crippen LogP contribution in [0.3, 0.4) is 0 Å². The number of benzene rings is 1. The van der Waals surface area contributed by atoms with Crippen molar-refractivity contribution in [2.75, 3.05) is 7.11 Å². The molecular weight excluding hydrogens is 312 g/mol. The molecule has 1 heterocycles. The Kier molecular flexibility index (Phi) is 5.29. The minimum atomic E-state index is -0.481. The molecule has 9 nitrogen and oxygen atoms in total. The number of nitrogens with zero attached hydrogens (tertiary/aromatic N) is 3. The van der Waals surface area contributed by atoms with Crippen LogP contribution in [-0.4, -0.2) is 30.0 Å². The number of rotatable bonds is 4. The van der Waals surface area contributed by atoms with E-state index in [1.54, 1.807) is 24.3 Å². The molecule has 9 heteroatoms. The van der Waals surface area contributed by atoms with Crippen molar-refractivity contribution in [2.24, 2.45) is 27.2 Å². The van der Waals surface area contributed by atoms with Crippen molar-refractivity contribution in [3.8, 4) is 11.6 Å². The van der Waals surface area contributed by atoms with Crippen molar-refractivity contribution in [1.82, 2.24) is 4.98 Å². The highest BCUT2D eigenvalue weighted by atomic mass is 16.5. The summed E-state index contributed by atoms with van der Waals surface area (Å²) in [7, 11) is 1.30. The van der Waals surface area contributed by atoms with E-state index in [1.165, 1.54) is 25.4 Å². The molecule has 0 aliphatic rings. The van der Waals surface area contributed by atoms with E-state index >= 15 is 0 Å². The monoisotopic (exact) mass is 328 g/mol. The molecule has 1 aromatic heterocycles. The van der Waals surface area contributed by atoms with Gasteiger partial charge in [0.1, 0.15) is 5.75 Å². The second-order valence-electron chi connectivity index (χ2n) is 4.48. The highest BCUT2D eigenvalue weighted by Crippen LogP contribution is 2.24. The van der Waals surface area contributed by atoms with E-state index in [0.717, 1.165) is 0 Å². The Labute approximate surface area is 137 Å². The lowest BCUT2D eigenvalue weighted by Gasteiger charge is -2.06. The van der Waals surface area contributed by atoms with E-state index in [9.17, 15) is 4.79 Å². The van der Waals surface area contributed by atoms with Gasteiger partial charge in [0.15, 0.2) is 5.96 Å². The van der Waals surface area contributed by atoms with Crippen LogP contribution in [0.2, 0.25) is 0 Å². The van der Waals surface area contributed by atoms with E-state index in [-0.39, 0.29) is 17.8 Å². The molecule has 2 rings (SSSR count). The fourth-order valence-electron chi connectivity index (χ4n) is 1.74. The van der Waals surface area contributed by atoms with E-state index < -0.39 is 5.97 Å². The van der Waals surface area contributed by atoms with E-state index in [4.69, 9.17) is 21.9 Å². The number of ether oxygens (including phenoxy) is 2. The van der Waals surface area contributed by atoms with E-state index in [0.29, 0.717) is 17.0 Å². The third kappa shape index (κ3) is 4.70. The fourth-order valence-corrected chi connectivity index (χ4v) is 1.74. The molecule has 6 N–H and O–H groups in total. The van der Waals surface area contributed by atoms with Gasteiger partial charge < -0.3 is 26.7 Å². The summed E-state index contributed by atoms with van der Waals surface area (Å²) in [5, 5.41) is 0. The third-order valence-electron chi connectivity index (χ3n) is 2.68. The Morgan fingerprint density at radius 1 is 1.17 bits per heavy atom. The molecule has 0 fully saturated rings. The van der Waals surface area contributed by atoms with Crippen molar-refractivity contribution in [3.05, 3.63) is 48.2 Å². The first-order valence-corrected chi connectivity index (χ1v) is 6.74. The van der Waals surface area contributed by atoms with Crippen LogP contribution >= 0.6 is 0 Å². The normalized spacial score (nSPS) is 10.8. The van der Waals surface area contributed by atoms with Gasteiger partial charge in [-0.2, -0.15) is 4.99 Å². The van der Waals surface area contributed by atoms with Crippen LogP contribution in [0.15, 0.2) is 52.6 Å². The number of esters is 1. The molecule has 0 unspecified atom stereocenters. The SMILES string of the molecule is COC(=O)c1ccnc(Oc2cccc(N=C(N)N=C(N)N)c2)c1. The Morgan fingerprint density at radius 3 is 2.67 bits per heavy atom. The Morgan fingerprint density at radius 2 is 1.96 bits per heavy atom. The first kappa shape index (κ1) is 16.7. The summed E-state index contributed by atoms with van der Waals surface area (Å²) in [6.07, 6.45) is 1.44. The highest BCUT2D eigenvalue weighted by Gasteiger charge is 2.08. The van der Waals surface area contributed by atoms with Crippen LogP contribution in [0.4, 0.5) is 5.69 Å². The molecule has 0 saturated carbocycles. The van der Waals surface area contributed by atoms with Crippen molar-refractivity contribution in [1.29, 1.82) is 0 Å². The molecule has 2 aromatic rings. The van der Waals surface area contributed by atoms with Crippen LogP contribution in [0.25, 0.3) is 0 Å². The van der Waals surface area contributed by atoms with E-state index in [1.807, 2.05) is 0 Å². The average Bonchev–Trinajstić information content (AvgIpc) is 2.53. The van der Waals surface area contributed by atoms with Crippen molar-refractivity contribution >= 4 is 23.6 Å². The minimum absolute atomic E-state index is 0.0852. The van der Waals surface area contributed by atoms with Gasteiger partial charge in [-0.1, -0.05) is 6.07 Å². The molecule has 24 heavy (non-hydrogen) atoms. The predicted molar refractivity (Wildman–Crippen MR) is 89.2 cm³/mol. The molecule has 0 aliphatic heterocycles. The molecule has 0 saturated heterocycles. The number of hydrogen-bond acceptors (Lipinski definition) is 5. The zero-order valence-electron chi connectivity index (χ0n) is 12.8. The minimum Gasteiger partial charge on any atom is -0.465 e. The molecule has 0 spiro atoms. The van der Waals surface area contributed by atoms with Gasteiger partial charge >= 0.3 is 5.97 Å². The average molecular weight is 328 g/mol. The summed E-state index contributed by atoms with van der Waals surface area (Å²) in [6, 6.07) is 9.70. The van der Waals surface area contributed by atoms with Gasteiger partial charge in [0.25, 0.3) is 0 Å². The van der Waals surface area contributed by atoms with E-state index in [2.05, 4.69) is 19.7 Å². The van der Waals surface area contributed by atoms with Gasteiger partial charge in [-0.3, -0.25) is 0 Å². The van der Waals surface area contributed by atoms with Crippen LogP contribution in [0, 0.1) is 0 Å². The van der Waals surface area contributed by atoms with Crippen LogP contribution < -0.4 is 21.9 Å². The molecule has 0 radical (unpaired) electrons. The first-order valence-electron chi connectivity index (χ1n) is 6.74. The second kappa shape index (κ2) is 7.58. The third-order valence-corrected chi connectivity index (χ3v) is 2.68. The number of aromatic nitrogens is 1. The van der Waals surface area contributed by atoms with Crippen LogP contribution in [0.5, 0.6) is 11.6 Å². The van der Waals surface area contributed by atoms with Gasteiger partial charge in [-0.15, -0.1) is 0 Å². The molecule has 0 amide bonds. The maximum Gasteiger partial charge on any atom is 0.338 e. The standard InChI is InChI=1S/C15H16N6O3/c1-23-13(22)9-5-6-19-12(7-9)24-11-4-2-3-10(8-11)20-15(18)21-14(16)17/h2-8H,1H3,(H6,16,17,18,20,21). The number of hydrogen-bond donors (Lipinski definition) is 3. The molecule has 0 bridgehead atoms. The smallest absolute Gasteiger partial charge is 0.338 e. The Hall–Kier alpha value is -3.62. The predicted octanol–water partition coefficient (Wildman–Crippen LogP) is 0.880. The van der Waals surface area contributed by atoms with Crippen molar-refractivity contribution < 1.29 is 14.3 Å². The zero-order chi connectivity index (χ0) is 17.5. The summed E-state index contributed by atoms with van der Waals surface area (Å²) in [5.41, 5.74) is 16.8. The van der Waals surface area contributed by atoms with Crippen LogP contribution in [-0.2, 0) is 4.74 Å². The van der Waals surface area contributed by atoms with Gasteiger partial charge in [-0.05, 0) is 18.2 Å². The van der Waals surface area contributed by atoms with Crippen molar-refractivity contribution in [3.63, 3.8) is 0 Å². The van der Waals surface area contributed by atoms with Gasteiger partial charge in [0.2, 0.25) is 11.8 Å². The van der Waals surface area contributed by atoms with Gasteiger partial charge in [0.05, 0.1) is 18.4 Å². The molecule has 124 valence electrons. The Bertz CT molecular complexity index is 799. The largest absolute Gasteiger partial charge is 0.465 e. The number of guanidine groups is 2. The molecular formula is C15H16N6O3. The number of aliphatic imine (C=N–C) groups is 2. The lowest BCUT2D eigenvalue weighted by atomic mass is 10.2. The van der Waals surface area contributed by atoms with Gasteiger partial charge in [0, 0.05) is 18.3 Å². The fraction of sp³-hybridized carbons (Fsp3) is 0.0667. The molecule has 1 aromatic carbocycles. The number of carbonyl (C=O) groups excluding carboxylic acids is 1. The maximum atomic E-state index is 11.5. The number of methoxy groups -OCH3 is 1. The van der Waals surface area contributed by atoms with Gasteiger partial charge in [-0.25, -0.2) is 14.8 Å². The molecule has 0 atom stereocenters.